The third-order valence-corrected chi connectivity index (χ3v) is 8.82. The second-order valence-electron chi connectivity index (χ2n) is 11.0. The standard InChI is InChI=1S/C28H42N2O7S2/c1-27(2,3)38-29-21-15-13-17(32-7)23(34-9)25(36-11)19(15)20-16(22(21)30-39(31)28(4,5)6)14-18(33-8)24(35-10)26(20)37-12/h13-14,21-22,29-30H,1-12H3. The fraction of sp³-hybridized carbons (Fsp3) is 0.571. The lowest BCUT2D eigenvalue weighted by Gasteiger charge is -2.40. The first kappa shape index (κ1) is 31.2. The number of rotatable bonds is 10. The number of ether oxygens (including phenoxy) is 6. The molecule has 0 spiro atoms. The van der Waals surface area contributed by atoms with Crippen LogP contribution in [0.15, 0.2) is 12.1 Å². The smallest absolute Gasteiger partial charge is 0.203 e. The fourth-order valence-electron chi connectivity index (χ4n) is 4.51. The Labute approximate surface area is 239 Å². The van der Waals surface area contributed by atoms with Gasteiger partial charge in [0.2, 0.25) is 11.5 Å². The van der Waals surface area contributed by atoms with Crippen molar-refractivity contribution in [2.24, 2.45) is 0 Å². The molecule has 2 N–H and O–H groups in total. The first-order valence-corrected chi connectivity index (χ1v) is 14.5. The van der Waals surface area contributed by atoms with Gasteiger partial charge in [0.1, 0.15) is 0 Å². The third-order valence-electron chi connectivity index (χ3n) is 6.26. The van der Waals surface area contributed by atoms with Crippen LogP contribution in [0.2, 0.25) is 0 Å². The Morgan fingerprint density at radius 2 is 1.08 bits per heavy atom. The average molecular weight is 583 g/mol. The maximum atomic E-state index is 13.6. The van der Waals surface area contributed by atoms with Crippen molar-refractivity contribution in [1.82, 2.24) is 9.44 Å². The van der Waals surface area contributed by atoms with Gasteiger partial charge in [0, 0.05) is 15.9 Å². The highest BCUT2D eigenvalue weighted by Gasteiger charge is 2.43. The van der Waals surface area contributed by atoms with Gasteiger partial charge < -0.3 is 28.4 Å². The molecular weight excluding hydrogens is 540 g/mol. The van der Waals surface area contributed by atoms with E-state index in [0.717, 1.165) is 22.3 Å². The lowest BCUT2D eigenvalue weighted by atomic mass is 9.78. The van der Waals surface area contributed by atoms with Crippen LogP contribution >= 0.6 is 11.9 Å². The third kappa shape index (κ3) is 6.06. The molecule has 11 heteroatoms. The first-order chi connectivity index (χ1) is 18.3. The second-order valence-corrected chi connectivity index (χ2v) is 14.7. The number of nitrogens with one attached hydrogen (secondary N) is 2. The molecular formula is C28H42N2O7S2. The van der Waals surface area contributed by atoms with Gasteiger partial charge in [-0.1, -0.05) is 11.9 Å². The van der Waals surface area contributed by atoms with E-state index in [0.29, 0.717) is 34.5 Å². The molecule has 3 rings (SSSR count). The molecule has 2 aromatic rings. The molecule has 0 bridgehead atoms. The second kappa shape index (κ2) is 12.0. The summed E-state index contributed by atoms with van der Waals surface area (Å²) in [5.74, 6) is 2.85. The van der Waals surface area contributed by atoms with Crippen LogP contribution < -0.4 is 37.9 Å². The summed E-state index contributed by atoms with van der Waals surface area (Å²) in [6, 6.07) is 3.02. The van der Waals surface area contributed by atoms with Crippen molar-refractivity contribution in [2.75, 3.05) is 42.7 Å². The summed E-state index contributed by atoms with van der Waals surface area (Å²) in [4.78, 5) is 0. The van der Waals surface area contributed by atoms with E-state index in [1.807, 2.05) is 32.9 Å². The summed E-state index contributed by atoms with van der Waals surface area (Å²) in [5, 5.41) is 0. The van der Waals surface area contributed by atoms with Crippen molar-refractivity contribution >= 4 is 22.9 Å². The first-order valence-electron chi connectivity index (χ1n) is 12.6. The molecule has 0 fully saturated rings. The van der Waals surface area contributed by atoms with E-state index < -0.39 is 21.8 Å². The van der Waals surface area contributed by atoms with E-state index in [2.05, 4.69) is 30.2 Å². The highest BCUT2D eigenvalue weighted by molar-refractivity contribution is 7.98. The molecule has 0 heterocycles. The van der Waals surface area contributed by atoms with Crippen LogP contribution in [0.4, 0.5) is 0 Å². The number of methoxy groups -OCH3 is 6. The topological polar surface area (TPSA) is 96.5 Å². The molecule has 9 nitrogen and oxygen atoms in total. The van der Waals surface area contributed by atoms with Gasteiger partial charge in [0.25, 0.3) is 0 Å². The zero-order valence-corrected chi connectivity index (χ0v) is 26.6. The van der Waals surface area contributed by atoms with Crippen LogP contribution in [-0.4, -0.2) is 56.4 Å². The molecule has 1 aliphatic rings. The minimum atomic E-state index is -1.41. The number of hydrogen-bond acceptors (Lipinski definition) is 9. The minimum absolute atomic E-state index is 0.107. The van der Waals surface area contributed by atoms with Gasteiger partial charge in [-0.25, -0.2) is 8.93 Å². The number of hydrogen-bond donors (Lipinski definition) is 2. The molecule has 0 aliphatic heterocycles. The number of fused-ring (bicyclic) bond motifs is 3. The molecule has 39 heavy (non-hydrogen) atoms. The van der Waals surface area contributed by atoms with E-state index in [1.54, 1.807) is 54.6 Å². The molecule has 218 valence electrons. The summed E-state index contributed by atoms with van der Waals surface area (Å²) >= 11 is 1.59. The van der Waals surface area contributed by atoms with Gasteiger partial charge >= 0.3 is 0 Å². The Bertz CT molecular complexity index is 1220. The van der Waals surface area contributed by atoms with Gasteiger partial charge in [-0.3, -0.25) is 4.72 Å². The van der Waals surface area contributed by atoms with Crippen LogP contribution in [0.1, 0.15) is 64.8 Å². The van der Waals surface area contributed by atoms with E-state index >= 15 is 0 Å². The van der Waals surface area contributed by atoms with Crippen LogP contribution in [-0.2, 0) is 11.0 Å². The monoisotopic (exact) mass is 582 g/mol. The summed E-state index contributed by atoms with van der Waals surface area (Å²) < 4.78 is 55.0. The maximum absolute atomic E-state index is 13.6. The highest BCUT2D eigenvalue weighted by Crippen LogP contribution is 2.60. The Morgan fingerprint density at radius 1 is 0.667 bits per heavy atom. The Morgan fingerprint density at radius 3 is 1.41 bits per heavy atom. The van der Waals surface area contributed by atoms with E-state index in [1.165, 1.54) is 0 Å². The molecule has 1 aliphatic carbocycles. The molecule has 2 aromatic carbocycles. The van der Waals surface area contributed by atoms with Crippen LogP contribution in [0.25, 0.3) is 11.1 Å². The summed E-state index contributed by atoms with van der Waals surface area (Å²) in [7, 11) is 8.08. The normalized spacial score (nSPS) is 17.5. The Kier molecular flexibility index (Phi) is 9.63. The van der Waals surface area contributed by atoms with Crippen LogP contribution in [0.5, 0.6) is 34.5 Å². The van der Waals surface area contributed by atoms with Crippen molar-refractivity contribution in [3.63, 3.8) is 0 Å². The zero-order chi connectivity index (χ0) is 29.3. The van der Waals surface area contributed by atoms with Gasteiger partial charge in [0.15, 0.2) is 23.0 Å². The zero-order valence-electron chi connectivity index (χ0n) is 25.0. The Hall–Kier alpha value is -2.34. The Balaban J connectivity index is 2.52. The molecule has 0 amide bonds. The lowest BCUT2D eigenvalue weighted by Crippen LogP contribution is -2.42. The van der Waals surface area contributed by atoms with E-state index in [4.69, 9.17) is 28.4 Å². The average Bonchev–Trinajstić information content (AvgIpc) is 2.88. The molecule has 0 aromatic heterocycles. The van der Waals surface area contributed by atoms with Gasteiger partial charge in [0.05, 0.1) is 70.5 Å². The van der Waals surface area contributed by atoms with Crippen molar-refractivity contribution in [3.8, 4) is 45.6 Å². The summed E-state index contributed by atoms with van der Waals surface area (Å²) in [6.07, 6.45) is 0. The van der Waals surface area contributed by atoms with E-state index in [9.17, 15) is 4.21 Å². The van der Waals surface area contributed by atoms with Gasteiger partial charge in [-0.15, -0.1) is 0 Å². The predicted octanol–water partition coefficient (Wildman–Crippen LogP) is 5.59. The lowest BCUT2D eigenvalue weighted by molar-refractivity contribution is 0.318. The summed E-state index contributed by atoms with van der Waals surface area (Å²) in [6.45, 7) is 12.2. The molecule has 0 saturated carbocycles. The summed E-state index contributed by atoms with van der Waals surface area (Å²) in [5.41, 5.74) is 3.16. The van der Waals surface area contributed by atoms with Crippen LogP contribution in [0, 0.1) is 0 Å². The maximum Gasteiger partial charge on any atom is 0.203 e. The predicted molar refractivity (Wildman–Crippen MR) is 158 cm³/mol. The molecule has 3 unspecified atom stereocenters. The van der Waals surface area contributed by atoms with Crippen molar-refractivity contribution in [1.29, 1.82) is 0 Å². The highest BCUT2D eigenvalue weighted by atomic mass is 32.2. The molecule has 0 saturated heterocycles. The van der Waals surface area contributed by atoms with Crippen molar-refractivity contribution < 1.29 is 32.6 Å². The SMILES string of the molecule is COc1cc2c(c(OC)c1OC)-c1c(cc(OC)c(OC)c1OC)C(NS(=O)C(C)(C)C)C2NSC(C)(C)C. The molecule has 3 atom stereocenters. The number of benzene rings is 2. The van der Waals surface area contributed by atoms with Crippen molar-refractivity contribution in [2.45, 2.75) is 63.1 Å². The van der Waals surface area contributed by atoms with Gasteiger partial charge in [-0.05, 0) is 64.8 Å². The van der Waals surface area contributed by atoms with Crippen LogP contribution in [0.3, 0.4) is 0 Å². The molecule has 0 radical (unpaired) electrons. The fourth-order valence-corrected chi connectivity index (χ4v) is 6.10. The van der Waals surface area contributed by atoms with E-state index in [-0.39, 0.29) is 10.8 Å². The minimum Gasteiger partial charge on any atom is -0.493 e. The van der Waals surface area contributed by atoms with Gasteiger partial charge in [-0.2, -0.15) is 0 Å². The van der Waals surface area contributed by atoms with Crippen molar-refractivity contribution in [3.05, 3.63) is 23.3 Å². The largest absolute Gasteiger partial charge is 0.493 e. The quantitative estimate of drug-likeness (QED) is 0.348.